The summed E-state index contributed by atoms with van der Waals surface area (Å²) in [5.74, 6) is -0.242. The van der Waals surface area contributed by atoms with Gasteiger partial charge in [-0.15, -0.1) is 20.4 Å². The number of para-hydroxylation sites is 1. The van der Waals surface area contributed by atoms with Gasteiger partial charge in [0.1, 0.15) is 18.0 Å². The fourth-order valence-electron chi connectivity index (χ4n) is 3.18. The van der Waals surface area contributed by atoms with Gasteiger partial charge in [-0.05, 0) is 12.1 Å². The molecular weight excluding hydrogens is 380 g/mol. The van der Waals surface area contributed by atoms with E-state index in [0.29, 0.717) is 5.69 Å². The lowest BCUT2D eigenvalue weighted by Crippen LogP contribution is -2.10. The lowest BCUT2D eigenvalue weighted by atomic mass is 10.0. The van der Waals surface area contributed by atoms with Gasteiger partial charge >= 0.3 is 0 Å². The molecule has 0 amide bonds. The number of aromatic nitrogens is 7. The van der Waals surface area contributed by atoms with Crippen LogP contribution < -0.4 is 0 Å². The van der Waals surface area contributed by atoms with Crippen molar-refractivity contribution in [3.63, 3.8) is 0 Å². The van der Waals surface area contributed by atoms with Crippen LogP contribution in [0.25, 0.3) is 22.7 Å². The third-order valence-corrected chi connectivity index (χ3v) is 4.56. The molecule has 0 fully saturated rings. The molecule has 30 heavy (non-hydrogen) atoms. The van der Waals surface area contributed by atoms with E-state index in [1.54, 1.807) is 4.68 Å². The molecule has 0 spiro atoms. The summed E-state index contributed by atoms with van der Waals surface area (Å²) in [5, 5.41) is 29.8. The van der Waals surface area contributed by atoms with Gasteiger partial charge in [-0.2, -0.15) is 10.4 Å². The smallest absolute Gasteiger partial charge is 0.274 e. The Morgan fingerprint density at radius 2 is 1.67 bits per heavy atom. The minimum atomic E-state index is -0.512. The van der Waals surface area contributed by atoms with Crippen LogP contribution in [0.15, 0.2) is 73.2 Å². The largest absolute Gasteiger partial charge is 0.285 e. The van der Waals surface area contributed by atoms with Crippen LogP contribution in [0.4, 0.5) is 0 Å². The quantitative estimate of drug-likeness (QED) is 0.432. The molecule has 9 heteroatoms. The first-order chi connectivity index (χ1) is 14.8. The van der Waals surface area contributed by atoms with E-state index in [4.69, 9.17) is 0 Å². The molecule has 5 aromatic rings. The second-order valence-electron chi connectivity index (χ2n) is 6.38. The number of benzene rings is 2. The number of hydrogen-bond donors (Lipinski definition) is 0. The predicted molar refractivity (Wildman–Crippen MR) is 106 cm³/mol. The topological polar surface area (TPSA) is 115 Å². The highest BCUT2D eigenvalue weighted by atomic mass is 16.1. The lowest BCUT2D eigenvalue weighted by molar-refractivity contribution is 0.102. The fourth-order valence-corrected chi connectivity index (χ4v) is 3.18. The van der Waals surface area contributed by atoms with Gasteiger partial charge in [-0.1, -0.05) is 48.5 Å². The van der Waals surface area contributed by atoms with Crippen molar-refractivity contribution in [1.82, 2.24) is 34.6 Å². The Labute approximate surface area is 169 Å². The maximum absolute atomic E-state index is 13.2. The highest BCUT2D eigenvalue weighted by molar-refractivity contribution is 6.08. The van der Waals surface area contributed by atoms with E-state index in [0.717, 1.165) is 11.3 Å². The molecule has 0 N–H and O–H groups in total. The molecule has 0 unspecified atom stereocenters. The van der Waals surface area contributed by atoms with Gasteiger partial charge in [0.25, 0.3) is 5.78 Å². The maximum Gasteiger partial charge on any atom is 0.274 e. The number of nitriles is 1. The summed E-state index contributed by atoms with van der Waals surface area (Å²) in [6.45, 7) is 0. The summed E-state index contributed by atoms with van der Waals surface area (Å²) >= 11 is 0. The summed E-state index contributed by atoms with van der Waals surface area (Å²) in [6, 6.07) is 20.8. The van der Waals surface area contributed by atoms with Crippen LogP contribution >= 0.6 is 0 Å². The zero-order chi connectivity index (χ0) is 20.5. The van der Waals surface area contributed by atoms with Crippen LogP contribution in [0.3, 0.4) is 0 Å². The molecule has 0 saturated heterocycles. The Morgan fingerprint density at radius 1 is 0.933 bits per heavy atom. The molecule has 0 aliphatic rings. The number of carbonyl (C=O) groups is 1. The standard InChI is InChI=1S/C21H12N8O/c22-11-16-18(20(30)17-12-28-13-23-25-21(28)26-24-17)27-29(15-9-5-2-6-10-15)19(16)14-7-3-1-4-8-14/h1-10,12-13H. The Kier molecular flexibility index (Phi) is 4.08. The molecule has 5 rings (SSSR count). The summed E-state index contributed by atoms with van der Waals surface area (Å²) in [7, 11) is 0. The van der Waals surface area contributed by atoms with Crippen LogP contribution in [0.5, 0.6) is 0 Å². The van der Waals surface area contributed by atoms with Crippen molar-refractivity contribution < 1.29 is 4.79 Å². The first-order valence-corrected chi connectivity index (χ1v) is 8.98. The van der Waals surface area contributed by atoms with Crippen molar-refractivity contribution in [2.75, 3.05) is 0 Å². The molecule has 2 aromatic carbocycles. The second-order valence-corrected chi connectivity index (χ2v) is 6.38. The van der Waals surface area contributed by atoms with E-state index in [1.165, 1.54) is 16.9 Å². The zero-order valence-corrected chi connectivity index (χ0v) is 15.4. The van der Waals surface area contributed by atoms with Crippen LogP contribution in [-0.2, 0) is 0 Å². The summed E-state index contributed by atoms with van der Waals surface area (Å²) in [5.41, 5.74) is 2.24. The van der Waals surface area contributed by atoms with Crippen molar-refractivity contribution in [3.8, 4) is 23.0 Å². The van der Waals surface area contributed by atoms with Gasteiger partial charge in [-0.25, -0.2) is 4.68 Å². The van der Waals surface area contributed by atoms with Crippen molar-refractivity contribution in [2.45, 2.75) is 0 Å². The molecule has 0 radical (unpaired) electrons. The molecule has 0 saturated carbocycles. The van der Waals surface area contributed by atoms with Gasteiger partial charge < -0.3 is 0 Å². The van der Waals surface area contributed by atoms with E-state index >= 15 is 0 Å². The van der Waals surface area contributed by atoms with E-state index in [-0.39, 0.29) is 22.7 Å². The van der Waals surface area contributed by atoms with Crippen molar-refractivity contribution >= 4 is 11.6 Å². The van der Waals surface area contributed by atoms with Crippen molar-refractivity contribution in [2.24, 2.45) is 0 Å². The number of fused-ring (bicyclic) bond motifs is 1. The van der Waals surface area contributed by atoms with Crippen molar-refractivity contribution in [1.29, 1.82) is 5.26 Å². The number of hydrogen-bond acceptors (Lipinski definition) is 7. The number of nitrogens with zero attached hydrogens (tertiary/aromatic N) is 8. The van der Waals surface area contributed by atoms with E-state index in [2.05, 4.69) is 31.6 Å². The molecule has 9 nitrogen and oxygen atoms in total. The van der Waals surface area contributed by atoms with Crippen LogP contribution in [0, 0.1) is 11.3 Å². The molecular formula is C21H12N8O. The van der Waals surface area contributed by atoms with Crippen LogP contribution in [-0.4, -0.2) is 40.4 Å². The predicted octanol–water partition coefficient (Wildman–Crippen LogP) is 2.47. The minimum Gasteiger partial charge on any atom is -0.285 e. The third kappa shape index (κ3) is 2.80. The Balaban J connectivity index is 1.73. The van der Waals surface area contributed by atoms with Crippen LogP contribution in [0.1, 0.15) is 21.7 Å². The molecule has 0 atom stereocenters. The first-order valence-electron chi connectivity index (χ1n) is 8.98. The Bertz CT molecular complexity index is 1410. The van der Waals surface area contributed by atoms with E-state index in [9.17, 15) is 10.1 Å². The summed E-state index contributed by atoms with van der Waals surface area (Å²) in [6.07, 6.45) is 2.89. The van der Waals surface area contributed by atoms with E-state index < -0.39 is 5.78 Å². The first kappa shape index (κ1) is 17.4. The second kappa shape index (κ2) is 7.03. The molecule has 3 heterocycles. The molecule has 142 valence electrons. The highest BCUT2D eigenvalue weighted by Gasteiger charge is 2.27. The Morgan fingerprint density at radius 3 is 2.40 bits per heavy atom. The number of carbonyl (C=O) groups excluding carboxylic acids is 1. The number of ketones is 1. The van der Waals surface area contributed by atoms with Crippen molar-refractivity contribution in [3.05, 3.63) is 90.1 Å². The molecule has 0 bridgehead atoms. The summed E-state index contributed by atoms with van der Waals surface area (Å²) < 4.78 is 3.09. The van der Waals surface area contributed by atoms with E-state index in [1.807, 2.05) is 60.7 Å². The normalized spacial score (nSPS) is 10.8. The molecule has 0 aliphatic heterocycles. The summed E-state index contributed by atoms with van der Waals surface area (Å²) in [4.78, 5) is 13.2. The van der Waals surface area contributed by atoms with Crippen LogP contribution in [0.2, 0.25) is 0 Å². The minimum absolute atomic E-state index is 0.00179. The maximum atomic E-state index is 13.2. The van der Waals surface area contributed by atoms with Gasteiger partial charge in [0.2, 0.25) is 5.78 Å². The van der Waals surface area contributed by atoms with Gasteiger partial charge in [0.15, 0.2) is 11.4 Å². The fraction of sp³-hybridized carbons (Fsp3) is 0. The van der Waals surface area contributed by atoms with Gasteiger partial charge in [0, 0.05) is 11.8 Å². The molecule has 3 aromatic heterocycles. The molecule has 0 aliphatic carbocycles. The Hall–Kier alpha value is -4.71. The monoisotopic (exact) mass is 392 g/mol. The number of rotatable bonds is 4. The average molecular weight is 392 g/mol. The van der Waals surface area contributed by atoms with Gasteiger partial charge in [-0.3, -0.25) is 9.20 Å². The highest BCUT2D eigenvalue weighted by Crippen LogP contribution is 2.29. The average Bonchev–Trinajstić information content (AvgIpc) is 3.43. The third-order valence-electron chi connectivity index (χ3n) is 4.56. The zero-order valence-electron chi connectivity index (χ0n) is 15.4. The van der Waals surface area contributed by atoms with Gasteiger partial charge in [0.05, 0.1) is 11.4 Å². The SMILES string of the molecule is N#Cc1c(C(=O)c2cn3cnnc3nn2)nn(-c2ccccc2)c1-c1ccccc1. The lowest BCUT2D eigenvalue weighted by Gasteiger charge is -2.07.